The summed E-state index contributed by atoms with van der Waals surface area (Å²) in [6.07, 6.45) is 2.43. The number of thiophene rings is 1. The molecule has 0 radical (unpaired) electrons. The molecule has 0 aliphatic carbocycles. The lowest BCUT2D eigenvalue weighted by Gasteiger charge is -2.24. The van der Waals surface area contributed by atoms with E-state index in [1.165, 1.54) is 4.88 Å². The molecular weight excluding hydrogens is 501 g/mol. The monoisotopic (exact) mass is 529 g/mol. The molecule has 8 heteroatoms. The highest BCUT2D eigenvalue weighted by atomic mass is 127. The Bertz CT molecular complexity index is 887. The number of furan rings is 2. The highest BCUT2D eigenvalue weighted by molar-refractivity contribution is 14.0. The van der Waals surface area contributed by atoms with Crippen molar-refractivity contribution in [3.63, 3.8) is 0 Å². The summed E-state index contributed by atoms with van der Waals surface area (Å²) in [5, 5.41) is 19.5. The van der Waals surface area contributed by atoms with Crippen LogP contribution in [0.1, 0.15) is 34.6 Å². The summed E-state index contributed by atoms with van der Waals surface area (Å²) in [4.78, 5) is 5.83. The molecule has 3 heterocycles. The Morgan fingerprint density at radius 2 is 2.07 bits per heavy atom. The van der Waals surface area contributed by atoms with Gasteiger partial charge >= 0.3 is 0 Å². The number of nitrogens with one attached hydrogen (secondary N) is 2. The van der Waals surface area contributed by atoms with Crippen molar-refractivity contribution in [3.05, 3.63) is 69.7 Å². The van der Waals surface area contributed by atoms with E-state index in [1.54, 1.807) is 24.5 Å². The topological polar surface area (TPSA) is 82.9 Å². The van der Waals surface area contributed by atoms with Crippen molar-refractivity contribution in [2.45, 2.75) is 39.3 Å². The predicted octanol–water partition coefficient (Wildman–Crippen LogP) is 4.35. The van der Waals surface area contributed by atoms with Crippen LogP contribution in [0.3, 0.4) is 0 Å². The van der Waals surface area contributed by atoms with Gasteiger partial charge in [0.25, 0.3) is 0 Å². The predicted molar refractivity (Wildman–Crippen MR) is 127 cm³/mol. The Labute approximate surface area is 192 Å². The van der Waals surface area contributed by atoms with Crippen LogP contribution in [0.5, 0.6) is 0 Å². The maximum atomic E-state index is 10.9. The number of aryl methyl sites for hydroxylation is 2. The second kappa shape index (κ2) is 10.8. The van der Waals surface area contributed by atoms with Gasteiger partial charge in [0, 0.05) is 23.4 Å². The van der Waals surface area contributed by atoms with Crippen LogP contribution in [0.4, 0.5) is 0 Å². The molecule has 0 aliphatic rings. The van der Waals surface area contributed by atoms with Gasteiger partial charge in [-0.15, -0.1) is 35.3 Å². The summed E-state index contributed by atoms with van der Waals surface area (Å²) in [6, 6.07) is 9.78. The molecule has 0 saturated heterocycles. The van der Waals surface area contributed by atoms with E-state index in [9.17, 15) is 5.11 Å². The summed E-state index contributed by atoms with van der Waals surface area (Å²) < 4.78 is 10.9. The SMILES string of the molecule is Cc1cc(C(C)(O)CNC(=NCc2cccs2)NCCc2ccco2)c(C)o1.I. The molecule has 1 atom stereocenters. The Hall–Kier alpha value is -1.78. The third-order valence-electron chi connectivity index (χ3n) is 4.44. The van der Waals surface area contributed by atoms with E-state index in [4.69, 9.17) is 8.83 Å². The zero-order chi connectivity index (χ0) is 20.0. The van der Waals surface area contributed by atoms with Crippen LogP contribution in [-0.2, 0) is 18.6 Å². The van der Waals surface area contributed by atoms with Crippen molar-refractivity contribution >= 4 is 41.3 Å². The Morgan fingerprint density at radius 3 is 2.69 bits per heavy atom. The lowest BCUT2D eigenvalue weighted by molar-refractivity contribution is 0.0601. The molecule has 3 aromatic heterocycles. The molecule has 0 amide bonds. The van der Waals surface area contributed by atoms with Crippen LogP contribution in [-0.4, -0.2) is 24.2 Å². The second-order valence-electron chi connectivity index (χ2n) is 6.95. The van der Waals surface area contributed by atoms with Crippen molar-refractivity contribution in [2.75, 3.05) is 13.1 Å². The van der Waals surface area contributed by atoms with E-state index in [1.807, 2.05) is 43.5 Å². The molecule has 0 spiro atoms. The van der Waals surface area contributed by atoms with E-state index in [0.29, 0.717) is 25.6 Å². The molecule has 0 bridgehead atoms. The van der Waals surface area contributed by atoms with Gasteiger partial charge in [-0.2, -0.15) is 0 Å². The number of guanidine groups is 1. The first kappa shape index (κ1) is 23.5. The van der Waals surface area contributed by atoms with Crippen molar-refractivity contribution in [3.8, 4) is 0 Å². The lowest BCUT2D eigenvalue weighted by Crippen LogP contribution is -2.45. The summed E-state index contributed by atoms with van der Waals surface area (Å²) in [5.74, 6) is 3.09. The number of hydrogen-bond donors (Lipinski definition) is 3. The Morgan fingerprint density at radius 1 is 1.24 bits per heavy atom. The number of aliphatic imine (C=N–C) groups is 1. The van der Waals surface area contributed by atoms with Crippen molar-refractivity contribution < 1.29 is 13.9 Å². The molecule has 158 valence electrons. The van der Waals surface area contributed by atoms with Crippen LogP contribution >= 0.6 is 35.3 Å². The number of halogens is 1. The van der Waals surface area contributed by atoms with E-state index < -0.39 is 5.60 Å². The minimum atomic E-state index is -1.08. The standard InChI is InChI=1S/C21H27N3O3S.HI/c1-15-12-19(16(2)27-15)21(3,25)14-24-20(23-13-18-7-5-11-28-18)22-9-8-17-6-4-10-26-17;/h4-7,10-12,25H,8-9,13-14H2,1-3H3,(H2,22,23,24);1H. The number of aliphatic hydroxyl groups is 1. The molecule has 0 fully saturated rings. The fourth-order valence-corrected chi connectivity index (χ4v) is 3.64. The van der Waals surface area contributed by atoms with Crippen LogP contribution < -0.4 is 10.6 Å². The molecule has 0 saturated carbocycles. The van der Waals surface area contributed by atoms with Crippen LogP contribution in [0, 0.1) is 13.8 Å². The molecule has 3 rings (SSSR count). The van der Waals surface area contributed by atoms with Crippen LogP contribution in [0.25, 0.3) is 0 Å². The molecule has 1 unspecified atom stereocenters. The van der Waals surface area contributed by atoms with Crippen LogP contribution in [0.15, 0.2) is 55.8 Å². The number of rotatable bonds is 8. The first-order valence-corrected chi connectivity index (χ1v) is 10.2. The van der Waals surface area contributed by atoms with Gasteiger partial charge in [-0.25, -0.2) is 4.99 Å². The minimum Gasteiger partial charge on any atom is -0.469 e. The van der Waals surface area contributed by atoms with E-state index >= 15 is 0 Å². The lowest BCUT2D eigenvalue weighted by atomic mass is 9.96. The van der Waals surface area contributed by atoms with Crippen LogP contribution in [0.2, 0.25) is 0 Å². The van der Waals surface area contributed by atoms with Gasteiger partial charge in [0.15, 0.2) is 5.96 Å². The molecule has 0 aliphatic heterocycles. The van der Waals surface area contributed by atoms with Crippen molar-refractivity contribution in [1.29, 1.82) is 0 Å². The molecule has 3 aromatic rings. The zero-order valence-electron chi connectivity index (χ0n) is 16.9. The highest BCUT2D eigenvalue weighted by Gasteiger charge is 2.27. The summed E-state index contributed by atoms with van der Waals surface area (Å²) in [5.41, 5.74) is -0.292. The third kappa shape index (κ3) is 6.90. The van der Waals surface area contributed by atoms with Gasteiger partial charge in [-0.3, -0.25) is 0 Å². The Balaban J connectivity index is 0.00000300. The maximum absolute atomic E-state index is 10.9. The first-order chi connectivity index (χ1) is 13.4. The molecule has 0 aromatic carbocycles. The molecule has 3 N–H and O–H groups in total. The normalized spacial score (nSPS) is 13.6. The zero-order valence-corrected chi connectivity index (χ0v) is 20.0. The average Bonchev–Trinajstić information content (AvgIpc) is 3.39. The van der Waals surface area contributed by atoms with E-state index in [-0.39, 0.29) is 24.0 Å². The van der Waals surface area contributed by atoms with Crippen molar-refractivity contribution in [1.82, 2.24) is 10.6 Å². The first-order valence-electron chi connectivity index (χ1n) is 9.31. The van der Waals surface area contributed by atoms with Crippen molar-refractivity contribution in [2.24, 2.45) is 4.99 Å². The van der Waals surface area contributed by atoms with Gasteiger partial charge in [0.2, 0.25) is 0 Å². The Kier molecular flexibility index (Phi) is 8.79. The van der Waals surface area contributed by atoms with Gasteiger partial charge in [0.1, 0.15) is 22.9 Å². The molecular formula is C21H28IN3O3S. The smallest absolute Gasteiger partial charge is 0.191 e. The molecule has 6 nitrogen and oxygen atoms in total. The second-order valence-corrected chi connectivity index (χ2v) is 7.99. The summed E-state index contributed by atoms with van der Waals surface area (Å²) >= 11 is 1.67. The van der Waals surface area contributed by atoms with E-state index in [0.717, 1.165) is 29.3 Å². The fourth-order valence-electron chi connectivity index (χ4n) is 3.01. The summed E-state index contributed by atoms with van der Waals surface area (Å²) in [6.45, 7) is 7.09. The van der Waals surface area contributed by atoms with Gasteiger partial charge < -0.3 is 24.6 Å². The van der Waals surface area contributed by atoms with Gasteiger partial charge in [0.05, 0.1) is 19.4 Å². The summed E-state index contributed by atoms with van der Waals surface area (Å²) in [7, 11) is 0. The van der Waals surface area contributed by atoms with Gasteiger partial charge in [-0.05, 0) is 50.4 Å². The van der Waals surface area contributed by atoms with Gasteiger partial charge in [-0.1, -0.05) is 6.07 Å². The minimum absolute atomic E-state index is 0. The highest BCUT2D eigenvalue weighted by Crippen LogP contribution is 2.26. The fraction of sp³-hybridized carbons (Fsp3) is 0.381. The third-order valence-corrected chi connectivity index (χ3v) is 5.30. The molecule has 29 heavy (non-hydrogen) atoms. The van der Waals surface area contributed by atoms with E-state index in [2.05, 4.69) is 21.7 Å². The maximum Gasteiger partial charge on any atom is 0.191 e. The average molecular weight is 529 g/mol. The number of hydrogen-bond acceptors (Lipinski definition) is 5. The largest absolute Gasteiger partial charge is 0.469 e. The quantitative estimate of drug-likeness (QED) is 0.230. The number of nitrogens with zero attached hydrogens (tertiary/aromatic N) is 1.